The largest absolute Gasteiger partial charge is 0.494 e. The molecule has 0 saturated carbocycles. The van der Waals surface area contributed by atoms with Gasteiger partial charge in [-0.15, -0.1) is 0 Å². The van der Waals surface area contributed by atoms with Crippen molar-refractivity contribution in [2.45, 2.75) is 20.8 Å². The minimum absolute atomic E-state index is 0.137. The number of nitrogens with one attached hydrogen (secondary N) is 2. The van der Waals surface area contributed by atoms with Crippen LogP contribution in [0.2, 0.25) is 0 Å². The summed E-state index contributed by atoms with van der Waals surface area (Å²) in [5.41, 5.74) is 0. The van der Waals surface area contributed by atoms with Crippen LogP contribution in [0.1, 0.15) is 20.8 Å². The molecular weight excluding hydrogens is 244 g/mol. The molecule has 1 aromatic carbocycles. The summed E-state index contributed by atoms with van der Waals surface area (Å²) in [7, 11) is 0. The monoisotopic (exact) mass is 266 g/mol. The fourth-order valence-corrected chi connectivity index (χ4v) is 1.34. The van der Waals surface area contributed by atoms with Gasteiger partial charge >= 0.3 is 6.03 Å². The van der Waals surface area contributed by atoms with Gasteiger partial charge in [0.2, 0.25) is 0 Å². The van der Waals surface area contributed by atoms with Crippen molar-refractivity contribution in [3.05, 3.63) is 24.3 Å². The number of rotatable bonds is 7. The Hall–Kier alpha value is -1.91. The lowest BCUT2D eigenvalue weighted by atomic mass is 10.2. The summed E-state index contributed by atoms with van der Waals surface area (Å²) in [4.78, 5) is 11.4. The molecule has 0 unspecified atom stereocenters. The number of hydrogen-bond acceptors (Lipinski definition) is 3. The van der Waals surface area contributed by atoms with Crippen molar-refractivity contribution >= 4 is 6.03 Å². The number of urea groups is 1. The van der Waals surface area contributed by atoms with E-state index < -0.39 is 0 Å². The van der Waals surface area contributed by atoms with E-state index in [0.29, 0.717) is 24.8 Å². The van der Waals surface area contributed by atoms with E-state index in [1.54, 1.807) is 12.1 Å². The number of carbonyl (C=O) groups excluding carboxylic acids is 1. The highest BCUT2D eigenvalue weighted by Crippen LogP contribution is 2.16. The van der Waals surface area contributed by atoms with Gasteiger partial charge in [0.1, 0.15) is 11.5 Å². The average Bonchev–Trinajstić information content (AvgIpc) is 2.39. The average molecular weight is 266 g/mol. The van der Waals surface area contributed by atoms with E-state index in [9.17, 15) is 4.79 Å². The lowest BCUT2D eigenvalue weighted by Gasteiger charge is -2.11. The van der Waals surface area contributed by atoms with Crippen LogP contribution in [-0.4, -0.2) is 25.9 Å². The Morgan fingerprint density at radius 1 is 1.11 bits per heavy atom. The first-order chi connectivity index (χ1) is 9.11. The van der Waals surface area contributed by atoms with E-state index in [1.807, 2.05) is 32.9 Å². The maximum absolute atomic E-state index is 11.4. The molecular formula is C14H22N2O3. The van der Waals surface area contributed by atoms with Crippen molar-refractivity contribution in [1.82, 2.24) is 10.6 Å². The van der Waals surface area contributed by atoms with Gasteiger partial charge in [-0.25, -0.2) is 4.79 Å². The van der Waals surface area contributed by atoms with E-state index in [1.165, 1.54) is 0 Å². The zero-order chi connectivity index (χ0) is 14.1. The minimum Gasteiger partial charge on any atom is -0.494 e. The van der Waals surface area contributed by atoms with Crippen LogP contribution in [0.5, 0.6) is 11.5 Å². The molecule has 2 N–H and O–H groups in total. The van der Waals surface area contributed by atoms with Crippen LogP contribution >= 0.6 is 0 Å². The van der Waals surface area contributed by atoms with Gasteiger partial charge < -0.3 is 20.1 Å². The summed E-state index contributed by atoms with van der Waals surface area (Å²) in [5.74, 6) is 1.92. The van der Waals surface area contributed by atoms with Gasteiger partial charge in [-0.1, -0.05) is 13.8 Å². The molecule has 19 heavy (non-hydrogen) atoms. The minimum atomic E-state index is -0.223. The first-order valence-electron chi connectivity index (χ1n) is 6.49. The zero-order valence-electron chi connectivity index (χ0n) is 11.7. The van der Waals surface area contributed by atoms with E-state index in [2.05, 4.69) is 10.6 Å². The Morgan fingerprint density at radius 3 is 2.21 bits per heavy atom. The second kappa shape index (κ2) is 8.24. The summed E-state index contributed by atoms with van der Waals surface area (Å²) < 4.78 is 10.7. The fraction of sp³-hybridized carbons (Fsp3) is 0.500. The predicted octanol–water partition coefficient (Wildman–Crippen LogP) is 2.38. The quantitative estimate of drug-likeness (QED) is 0.745. The lowest BCUT2D eigenvalue weighted by Crippen LogP contribution is -2.39. The molecule has 106 valence electrons. The molecule has 0 spiro atoms. The molecule has 0 radical (unpaired) electrons. The van der Waals surface area contributed by atoms with E-state index in [-0.39, 0.29) is 12.8 Å². The number of amides is 2. The molecule has 0 heterocycles. The molecule has 0 saturated heterocycles. The third-order valence-corrected chi connectivity index (χ3v) is 2.28. The van der Waals surface area contributed by atoms with E-state index in [4.69, 9.17) is 9.47 Å². The number of hydrogen-bond donors (Lipinski definition) is 2. The highest BCUT2D eigenvalue weighted by atomic mass is 16.5. The molecule has 0 bridgehead atoms. The maximum atomic E-state index is 11.4. The Morgan fingerprint density at radius 2 is 1.68 bits per heavy atom. The van der Waals surface area contributed by atoms with Crippen molar-refractivity contribution < 1.29 is 14.3 Å². The van der Waals surface area contributed by atoms with E-state index >= 15 is 0 Å². The van der Waals surface area contributed by atoms with Gasteiger partial charge in [-0.2, -0.15) is 0 Å². The van der Waals surface area contributed by atoms with Crippen molar-refractivity contribution in [2.24, 2.45) is 5.92 Å². The molecule has 0 fully saturated rings. The molecule has 0 aliphatic heterocycles. The first kappa shape index (κ1) is 15.1. The topological polar surface area (TPSA) is 59.6 Å². The normalized spacial score (nSPS) is 10.1. The molecule has 0 aromatic heterocycles. The molecule has 1 aromatic rings. The Kier molecular flexibility index (Phi) is 6.57. The van der Waals surface area contributed by atoms with Gasteiger partial charge in [0.25, 0.3) is 0 Å². The van der Waals surface area contributed by atoms with Crippen LogP contribution in [0.15, 0.2) is 24.3 Å². The fourth-order valence-electron chi connectivity index (χ4n) is 1.34. The zero-order valence-corrected chi connectivity index (χ0v) is 11.7. The Bertz CT molecular complexity index is 377. The van der Waals surface area contributed by atoms with Gasteiger partial charge in [-0.05, 0) is 37.1 Å². The Balaban J connectivity index is 2.23. The molecule has 1 rings (SSSR count). The summed E-state index contributed by atoms with van der Waals surface area (Å²) >= 11 is 0. The third kappa shape index (κ3) is 6.55. The van der Waals surface area contributed by atoms with Gasteiger partial charge in [0.05, 0.1) is 6.61 Å². The summed E-state index contributed by atoms with van der Waals surface area (Å²) in [6.07, 6.45) is 0. The van der Waals surface area contributed by atoms with Crippen LogP contribution in [-0.2, 0) is 0 Å². The van der Waals surface area contributed by atoms with Gasteiger partial charge in [0, 0.05) is 6.54 Å². The van der Waals surface area contributed by atoms with Crippen LogP contribution in [0.4, 0.5) is 4.79 Å². The van der Waals surface area contributed by atoms with E-state index in [0.717, 1.165) is 5.75 Å². The van der Waals surface area contributed by atoms with Gasteiger partial charge in [0.15, 0.2) is 6.73 Å². The summed E-state index contributed by atoms with van der Waals surface area (Å²) in [6, 6.07) is 7.05. The molecule has 5 heteroatoms. The standard InChI is InChI=1S/C14H22N2O3/c1-4-18-12-5-7-13(8-6-12)19-10-16-14(17)15-9-11(2)3/h5-8,11H,4,9-10H2,1-3H3,(H2,15,16,17). The van der Waals surface area contributed by atoms with Crippen LogP contribution in [0.25, 0.3) is 0 Å². The van der Waals surface area contributed by atoms with Crippen molar-refractivity contribution in [3.63, 3.8) is 0 Å². The van der Waals surface area contributed by atoms with Gasteiger partial charge in [-0.3, -0.25) is 0 Å². The van der Waals surface area contributed by atoms with Crippen molar-refractivity contribution in [1.29, 1.82) is 0 Å². The van der Waals surface area contributed by atoms with Crippen LogP contribution < -0.4 is 20.1 Å². The highest BCUT2D eigenvalue weighted by Gasteiger charge is 2.01. The van der Waals surface area contributed by atoms with Crippen LogP contribution in [0, 0.1) is 5.92 Å². The highest BCUT2D eigenvalue weighted by molar-refractivity contribution is 5.73. The van der Waals surface area contributed by atoms with Crippen molar-refractivity contribution in [2.75, 3.05) is 19.9 Å². The lowest BCUT2D eigenvalue weighted by molar-refractivity contribution is 0.223. The SMILES string of the molecule is CCOc1ccc(OCNC(=O)NCC(C)C)cc1. The number of ether oxygens (including phenoxy) is 2. The molecule has 0 atom stereocenters. The maximum Gasteiger partial charge on any atom is 0.317 e. The summed E-state index contributed by atoms with van der Waals surface area (Å²) in [6.45, 7) is 7.43. The molecule has 0 aliphatic rings. The smallest absolute Gasteiger partial charge is 0.317 e. The second-order valence-corrected chi connectivity index (χ2v) is 4.47. The second-order valence-electron chi connectivity index (χ2n) is 4.47. The Labute approximate surface area is 114 Å². The predicted molar refractivity (Wildman–Crippen MR) is 74.5 cm³/mol. The first-order valence-corrected chi connectivity index (χ1v) is 6.49. The number of carbonyl (C=O) groups is 1. The summed E-state index contributed by atoms with van der Waals surface area (Å²) in [5, 5.41) is 5.37. The van der Waals surface area contributed by atoms with Crippen LogP contribution in [0.3, 0.4) is 0 Å². The molecule has 0 aliphatic carbocycles. The third-order valence-electron chi connectivity index (χ3n) is 2.28. The molecule has 2 amide bonds. The van der Waals surface area contributed by atoms with Crippen molar-refractivity contribution in [3.8, 4) is 11.5 Å². The number of benzene rings is 1. The molecule has 5 nitrogen and oxygen atoms in total.